The van der Waals surface area contributed by atoms with Crippen molar-refractivity contribution in [3.05, 3.63) is 62.6 Å². The lowest BCUT2D eigenvalue weighted by molar-refractivity contribution is -0.117. The van der Waals surface area contributed by atoms with Crippen molar-refractivity contribution in [3.63, 3.8) is 0 Å². The van der Waals surface area contributed by atoms with E-state index in [-0.39, 0.29) is 16.3 Å². The molecule has 0 heterocycles. The third-order valence-electron chi connectivity index (χ3n) is 5.20. The predicted octanol–water partition coefficient (Wildman–Crippen LogP) is 6.60. The fourth-order valence-corrected chi connectivity index (χ4v) is 6.38. The average Bonchev–Trinajstić information content (AvgIpc) is 3.29. The molecule has 1 aliphatic carbocycles. The van der Waals surface area contributed by atoms with Crippen LogP contribution in [-0.4, -0.2) is 44.4 Å². The molecular formula is C22H18Cl5F3N2O3S. The number of nitrogens with one attached hydrogen (secondary N) is 2. The van der Waals surface area contributed by atoms with Crippen LogP contribution in [0.1, 0.15) is 28.8 Å². The summed E-state index contributed by atoms with van der Waals surface area (Å²) >= 11 is 28.7. The minimum atomic E-state index is -4.58. The molecule has 0 radical (unpaired) electrons. The van der Waals surface area contributed by atoms with E-state index in [0.717, 1.165) is 0 Å². The minimum absolute atomic E-state index is 0.0380. The Kier molecular flexibility index (Phi) is 9.30. The number of hydrogen-bond acceptors (Lipinski definition) is 3. The molecule has 2 aromatic carbocycles. The molecular weight excluding hydrogens is 607 g/mol. The molecule has 4 atom stereocenters. The first kappa shape index (κ1) is 29.5. The summed E-state index contributed by atoms with van der Waals surface area (Å²) in [6, 6.07) is 8.04. The lowest BCUT2D eigenvalue weighted by atomic mass is 10.1. The van der Waals surface area contributed by atoms with Crippen molar-refractivity contribution in [1.82, 2.24) is 5.32 Å². The molecule has 3 unspecified atom stereocenters. The van der Waals surface area contributed by atoms with Gasteiger partial charge >= 0.3 is 6.18 Å². The zero-order chi connectivity index (χ0) is 27.0. The predicted molar refractivity (Wildman–Crippen MR) is 138 cm³/mol. The van der Waals surface area contributed by atoms with Gasteiger partial charge in [0.25, 0.3) is 5.91 Å². The van der Waals surface area contributed by atoms with Crippen molar-refractivity contribution in [2.75, 3.05) is 16.8 Å². The van der Waals surface area contributed by atoms with Crippen LogP contribution in [0.4, 0.5) is 18.9 Å². The lowest BCUT2D eigenvalue weighted by Crippen LogP contribution is -2.39. The van der Waals surface area contributed by atoms with Gasteiger partial charge < -0.3 is 15.2 Å². The number of rotatable bonds is 8. The Morgan fingerprint density at radius 1 is 1.11 bits per heavy atom. The molecule has 2 amide bonds. The SMILES string of the molecule is C[C@H](C[S+]([O-])CC(F)(F)F)NC(=O)c1cc(NC(=O)C2C(c3cc(Cl)cc(Cl)c3)C2(Cl)Cl)ccc1Cl. The second kappa shape index (κ2) is 11.4. The van der Waals surface area contributed by atoms with E-state index in [1.807, 2.05) is 0 Å². The lowest BCUT2D eigenvalue weighted by Gasteiger charge is -2.18. The fraction of sp³-hybridized carbons (Fsp3) is 0.364. The molecule has 1 fully saturated rings. The van der Waals surface area contributed by atoms with Crippen LogP contribution in [0.2, 0.25) is 15.1 Å². The summed E-state index contributed by atoms with van der Waals surface area (Å²) in [7, 11) is 0. The molecule has 36 heavy (non-hydrogen) atoms. The van der Waals surface area contributed by atoms with Crippen LogP contribution in [0.5, 0.6) is 0 Å². The normalized spacial score (nSPS) is 20.4. The smallest absolute Gasteiger partial charge is 0.433 e. The van der Waals surface area contributed by atoms with Crippen molar-refractivity contribution in [2.45, 2.75) is 29.4 Å². The van der Waals surface area contributed by atoms with Crippen LogP contribution in [0, 0.1) is 5.92 Å². The number of hydrogen-bond donors (Lipinski definition) is 2. The fourth-order valence-electron chi connectivity index (χ4n) is 3.68. The van der Waals surface area contributed by atoms with Gasteiger partial charge in [0.05, 0.1) is 22.5 Å². The first-order valence-corrected chi connectivity index (χ1v) is 13.6. The third-order valence-corrected chi connectivity index (χ3v) is 8.42. The molecule has 3 rings (SSSR count). The van der Waals surface area contributed by atoms with E-state index in [2.05, 4.69) is 10.6 Å². The zero-order valence-corrected chi connectivity index (χ0v) is 22.9. The molecule has 1 aliphatic rings. The van der Waals surface area contributed by atoms with Crippen LogP contribution >= 0.6 is 58.0 Å². The first-order valence-electron chi connectivity index (χ1n) is 10.3. The minimum Gasteiger partial charge on any atom is -0.616 e. The Bertz CT molecular complexity index is 1150. The van der Waals surface area contributed by atoms with E-state index < -0.39 is 62.9 Å². The van der Waals surface area contributed by atoms with Crippen molar-refractivity contribution in [2.24, 2.45) is 5.92 Å². The number of amides is 2. The van der Waals surface area contributed by atoms with E-state index in [0.29, 0.717) is 15.6 Å². The topological polar surface area (TPSA) is 81.3 Å². The van der Waals surface area contributed by atoms with Gasteiger partial charge in [-0.25, -0.2) is 0 Å². The van der Waals surface area contributed by atoms with Crippen molar-refractivity contribution < 1.29 is 27.3 Å². The van der Waals surface area contributed by atoms with Crippen LogP contribution in [-0.2, 0) is 16.0 Å². The molecule has 5 nitrogen and oxygen atoms in total. The van der Waals surface area contributed by atoms with E-state index >= 15 is 0 Å². The van der Waals surface area contributed by atoms with Crippen molar-refractivity contribution in [1.29, 1.82) is 0 Å². The highest BCUT2D eigenvalue weighted by molar-refractivity contribution is 7.91. The maximum Gasteiger partial charge on any atom is 0.433 e. The Labute approximate surface area is 233 Å². The van der Waals surface area contributed by atoms with Crippen LogP contribution in [0.15, 0.2) is 36.4 Å². The molecule has 2 aromatic rings. The van der Waals surface area contributed by atoms with Crippen molar-refractivity contribution >= 4 is 86.7 Å². The second-order valence-electron chi connectivity index (χ2n) is 8.26. The zero-order valence-electron chi connectivity index (χ0n) is 18.3. The molecule has 2 N–H and O–H groups in total. The summed E-state index contributed by atoms with van der Waals surface area (Å²) in [5.41, 5.74) is 0.757. The number of halogens is 8. The van der Waals surface area contributed by atoms with E-state index in [1.165, 1.54) is 31.2 Å². The molecule has 0 spiro atoms. The molecule has 0 aliphatic heterocycles. The van der Waals surface area contributed by atoms with Gasteiger partial charge in [-0.3, -0.25) is 9.59 Å². The van der Waals surface area contributed by atoms with Crippen LogP contribution in [0.3, 0.4) is 0 Å². The second-order valence-corrected chi connectivity index (χ2v) is 12.5. The highest BCUT2D eigenvalue weighted by Gasteiger charge is 2.67. The molecule has 1 saturated carbocycles. The highest BCUT2D eigenvalue weighted by atomic mass is 35.5. The van der Waals surface area contributed by atoms with Gasteiger partial charge in [-0.1, -0.05) is 34.8 Å². The van der Waals surface area contributed by atoms with Gasteiger partial charge in [-0.2, -0.15) is 13.2 Å². The van der Waals surface area contributed by atoms with E-state index in [1.54, 1.807) is 12.1 Å². The first-order chi connectivity index (χ1) is 16.6. The number of anilines is 1. The van der Waals surface area contributed by atoms with E-state index in [4.69, 9.17) is 58.0 Å². The largest absolute Gasteiger partial charge is 0.616 e. The monoisotopic (exact) mass is 622 g/mol. The van der Waals surface area contributed by atoms with Gasteiger partial charge in [0.1, 0.15) is 10.1 Å². The van der Waals surface area contributed by atoms with Gasteiger partial charge in [0.15, 0.2) is 0 Å². The quantitative estimate of drug-likeness (QED) is 0.257. The molecule has 14 heteroatoms. The summed E-state index contributed by atoms with van der Waals surface area (Å²) in [4.78, 5) is 25.6. The Morgan fingerprint density at radius 3 is 2.31 bits per heavy atom. The molecule has 196 valence electrons. The molecule has 0 aromatic heterocycles. The van der Waals surface area contributed by atoms with Gasteiger partial charge in [0.2, 0.25) is 11.7 Å². The number of benzene rings is 2. The van der Waals surface area contributed by atoms with Gasteiger partial charge in [-0.15, -0.1) is 23.2 Å². The van der Waals surface area contributed by atoms with Crippen LogP contribution < -0.4 is 10.6 Å². The summed E-state index contributed by atoms with van der Waals surface area (Å²) < 4.78 is 47.4. The van der Waals surface area contributed by atoms with E-state index in [9.17, 15) is 27.3 Å². The average molecular weight is 625 g/mol. The number of alkyl halides is 5. The van der Waals surface area contributed by atoms with Gasteiger partial charge in [-0.05, 0) is 60.1 Å². The van der Waals surface area contributed by atoms with Gasteiger partial charge in [0, 0.05) is 21.7 Å². The summed E-state index contributed by atoms with van der Waals surface area (Å²) in [5.74, 6) is -4.52. The summed E-state index contributed by atoms with van der Waals surface area (Å²) in [6.07, 6.45) is -4.58. The maximum absolute atomic E-state index is 12.9. The maximum atomic E-state index is 12.9. The van der Waals surface area contributed by atoms with Crippen molar-refractivity contribution in [3.8, 4) is 0 Å². The Balaban J connectivity index is 1.67. The Hall–Kier alpha value is -1.07. The standard InChI is InChI=1S/C22H18Cl5F3N2O3S/c1-10(8-36(35)9-21(28,29)30)31-19(33)15-7-14(2-3-16(15)25)32-20(34)18-17(22(18,26)27)11-4-12(23)6-13(24)5-11/h2-7,10,17-18H,8-9H2,1H3,(H,31,33)(H,32,34)/t10-,17?,18?,36?/m1/s1. The summed E-state index contributed by atoms with van der Waals surface area (Å²) in [5, 5.41) is 5.85. The molecule has 0 saturated heterocycles. The number of carbonyl (C=O) groups excluding carboxylic acids is 2. The highest BCUT2D eigenvalue weighted by Crippen LogP contribution is 2.65. The Morgan fingerprint density at radius 2 is 1.72 bits per heavy atom. The van der Waals surface area contributed by atoms with Crippen LogP contribution in [0.25, 0.3) is 0 Å². The summed E-state index contributed by atoms with van der Waals surface area (Å²) in [6.45, 7) is 1.42. The third kappa shape index (κ3) is 7.49. The number of carbonyl (C=O) groups is 2. The molecule has 0 bridgehead atoms.